The van der Waals surface area contributed by atoms with E-state index in [9.17, 15) is 19.5 Å². The average Bonchev–Trinajstić information content (AvgIpc) is 3.83. The van der Waals surface area contributed by atoms with Crippen molar-refractivity contribution in [3.63, 3.8) is 0 Å². The zero-order valence-electron chi connectivity index (χ0n) is 31.0. The molecule has 1 aromatic carbocycles. The molecule has 0 amide bonds. The quantitative estimate of drug-likeness (QED) is 0.143. The molecule has 278 valence electrons. The second-order valence-electron chi connectivity index (χ2n) is 16.0. The van der Waals surface area contributed by atoms with Gasteiger partial charge in [0.1, 0.15) is 18.3 Å². The number of ether oxygens (including phenoxy) is 5. The van der Waals surface area contributed by atoms with E-state index in [2.05, 4.69) is 27.7 Å². The minimum Gasteiger partial charge on any atom is -0.472 e. The van der Waals surface area contributed by atoms with Crippen LogP contribution in [0.3, 0.4) is 0 Å². The van der Waals surface area contributed by atoms with Gasteiger partial charge in [-0.1, -0.05) is 62.8 Å². The molecule has 4 fully saturated rings. The summed E-state index contributed by atoms with van der Waals surface area (Å²) in [4.78, 5) is 40.2. The van der Waals surface area contributed by atoms with Crippen LogP contribution < -0.4 is 0 Å². The van der Waals surface area contributed by atoms with Crippen LogP contribution in [0.15, 0.2) is 82.2 Å². The summed E-state index contributed by atoms with van der Waals surface area (Å²) in [6.07, 6.45) is 4.75. The first-order chi connectivity index (χ1) is 24.7. The number of hydrogen-bond acceptors (Lipinski definition) is 10. The first kappa shape index (κ1) is 36.4. The van der Waals surface area contributed by atoms with Gasteiger partial charge in [-0.15, -0.1) is 0 Å². The number of hydrogen-bond donors (Lipinski definition) is 1. The Labute approximate surface area is 305 Å². The maximum atomic E-state index is 14.0. The van der Waals surface area contributed by atoms with Gasteiger partial charge in [-0.2, -0.15) is 0 Å². The molecule has 1 aromatic heterocycles. The maximum absolute atomic E-state index is 14.0. The van der Waals surface area contributed by atoms with Crippen LogP contribution in [0.4, 0.5) is 0 Å². The molecule has 5 aliphatic rings. The third-order valence-corrected chi connectivity index (χ3v) is 13.3. The average molecular weight is 715 g/mol. The first-order valence-electron chi connectivity index (χ1n) is 18.4. The van der Waals surface area contributed by atoms with E-state index in [1.54, 1.807) is 38.5 Å². The fourth-order valence-corrected chi connectivity index (χ4v) is 11.0. The first-order valence-corrected chi connectivity index (χ1v) is 18.4. The van der Waals surface area contributed by atoms with Crippen molar-refractivity contribution in [2.24, 2.45) is 28.1 Å². The highest BCUT2D eigenvalue weighted by atomic mass is 16.6. The number of aliphatic hydroxyl groups is 1. The maximum Gasteiger partial charge on any atom is 0.333 e. The van der Waals surface area contributed by atoms with Crippen LogP contribution in [0.1, 0.15) is 84.8 Å². The van der Waals surface area contributed by atoms with E-state index < -0.39 is 82.8 Å². The van der Waals surface area contributed by atoms with Crippen LogP contribution in [0.25, 0.3) is 6.08 Å². The predicted octanol–water partition coefficient (Wildman–Crippen LogP) is 6.69. The molecule has 2 saturated heterocycles. The lowest BCUT2D eigenvalue weighted by Crippen LogP contribution is -2.72. The zero-order valence-corrected chi connectivity index (χ0v) is 31.0. The van der Waals surface area contributed by atoms with Gasteiger partial charge < -0.3 is 33.2 Å². The number of furan rings is 1. The molecule has 2 saturated carbocycles. The summed E-state index contributed by atoms with van der Waals surface area (Å²) >= 11 is 0. The monoisotopic (exact) mass is 714 g/mol. The fourth-order valence-electron chi connectivity index (χ4n) is 11.0. The Bertz CT molecular complexity index is 1790. The lowest BCUT2D eigenvalue weighted by Gasteiger charge is -2.66. The summed E-state index contributed by atoms with van der Waals surface area (Å²) in [5.41, 5.74) is 1.79. The summed E-state index contributed by atoms with van der Waals surface area (Å²) in [6, 6.07) is 11.5. The van der Waals surface area contributed by atoms with E-state index in [-0.39, 0.29) is 25.4 Å². The van der Waals surface area contributed by atoms with Crippen molar-refractivity contribution in [1.29, 1.82) is 0 Å². The molecule has 3 aliphatic carbocycles. The van der Waals surface area contributed by atoms with E-state index in [1.165, 1.54) is 13.0 Å². The van der Waals surface area contributed by atoms with E-state index in [1.807, 2.05) is 36.4 Å². The molecule has 10 heteroatoms. The highest BCUT2D eigenvalue weighted by molar-refractivity contribution is 5.88. The van der Waals surface area contributed by atoms with Gasteiger partial charge in [0.2, 0.25) is 0 Å². The molecule has 52 heavy (non-hydrogen) atoms. The Morgan fingerprint density at radius 1 is 0.962 bits per heavy atom. The molecular weight excluding hydrogens is 664 g/mol. The predicted molar refractivity (Wildman–Crippen MR) is 190 cm³/mol. The highest BCUT2D eigenvalue weighted by Gasteiger charge is 2.77. The number of carbonyl (C=O) groups is 3. The molecule has 0 radical (unpaired) electrons. The van der Waals surface area contributed by atoms with Crippen molar-refractivity contribution < 1.29 is 47.6 Å². The molecule has 0 bridgehead atoms. The Balaban J connectivity index is 1.43. The summed E-state index contributed by atoms with van der Waals surface area (Å²) in [6.45, 7) is 13.5. The Morgan fingerprint density at radius 2 is 1.71 bits per heavy atom. The third-order valence-electron chi connectivity index (χ3n) is 13.3. The summed E-state index contributed by atoms with van der Waals surface area (Å²) in [5, 5.41) is 11.8. The van der Waals surface area contributed by atoms with Crippen LogP contribution >= 0.6 is 0 Å². The van der Waals surface area contributed by atoms with Gasteiger partial charge in [0, 0.05) is 59.5 Å². The SMILES string of the molecule is CC=C(C)C(=O)OC1CC(OC(C)=O)C2(C)COC3C(OC(=O)C=Cc4ccccc4)C4(C)C5=C(C)C(c6ccoc6)CC5OC(O)CC4C1(C)C32. The molecule has 10 nitrogen and oxygen atoms in total. The number of rotatable bonds is 7. The van der Waals surface area contributed by atoms with E-state index in [4.69, 9.17) is 28.1 Å². The van der Waals surface area contributed by atoms with Crippen molar-refractivity contribution in [2.75, 3.05) is 6.61 Å². The number of aliphatic hydroxyl groups excluding tert-OH is 1. The Hall–Kier alpha value is -3.99. The lowest BCUT2D eigenvalue weighted by atomic mass is 9.39. The summed E-state index contributed by atoms with van der Waals surface area (Å²) < 4.78 is 38.0. The number of carbonyl (C=O) groups excluding carboxylic acids is 3. The van der Waals surface area contributed by atoms with Crippen molar-refractivity contribution in [3.8, 4) is 0 Å². The molecule has 12 atom stereocenters. The highest BCUT2D eigenvalue weighted by Crippen LogP contribution is 2.72. The second-order valence-corrected chi connectivity index (χ2v) is 16.0. The molecule has 0 spiro atoms. The van der Waals surface area contributed by atoms with E-state index in [0.29, 0.717) is 12.0 Å². The van der Waals surface area contributed by atoms with Gasteiger partial charge in [0.25, 0.3) is 0 Å². The van der Waals surface area contributed by atoms with Gasteiger partial charge in [-0.05, 0) is 62.0 Å². The van der Waals surface area contributed by atoms with Crippen LogP contribution in [-0.4, -0.2) is 66.4 Å². The molecule has 1 N–H and O–H groups in total. The van der Waals surface area contributed by atoms with Gasteiger partial charge in [0.05, 0.1) is 31.3 Å². The van der Waals surface area contributed by atoms with Crippen molar-refractivity contribution in [2.45, 2.75) is 110 Å². The van der Waals surface area contributed by atoms with Gasteiger partial charge in [-0.3, -0.25) is 4.79 Å². The minimum absolute atomic E-state index is 0.0539. The fraction of sp³-hybridized carbons (Fsp3) is 0.548. The molecular formula is C42H50O10. The molecule has 12 unspecified atom stereocenters. The van der Waals surface area contributed by atoms with E-state index in [0.717, 1.165) is 22.3 Å². The van der Waals surface area contributed by atoms with Crippen LogP contribution in [0, 0.1) is 28.1 Å². The summed E-state index contributed by atoms with van der Waals surface area (Å²) in [7, 11) is 0. The second kappa shape index (κ2) is 13.5. The minimum atomic E-state index is -1.15. The third kappa shape index (κ3) is 5.69. The number of allylic oxidation sites excluding steroid dienone is 2. The normalized spacial score (nSPS) is 39.7. The van der Waals surface area contributed by atoms with Crippen LogP contribution in [0.5, 0.6) is 0 Å². The van der Waals surface area contributed by atoms with Crippen LogP contribution in [0.2, 0.25) is 0 Å². The van der Waals surface area contributed by atoms with Gasteiger partial charge >= 0.3 is 17.9 Å². The van der Waals surface area contributed by atoms with E-state index >= 15 is 0 Å². The molecule has 3 heterocycles. The van der Waals surface area contributed by atoms with Gasteiger partial charge in [-0.25, -0.2) is 9.59 Å². The van der Waals surface area contributed by atoms with Gasteiger partial charge in [0.15, 0.2) is 6.29 Å². The largest absolute Gasteiger partial charge is 0.472 e. The zero-order chi connectivity index (χ0) is 37.2. The smallest absolute Gasteiger partial charge is 0.333 e. The Kier molecular flexibility index (Phi) is 9.41. The number of fused-ring (bicyclic) bond motifs is 4. The Morgan fingerprint density at radius 3 is 2.38 bits per heavy atom. The van der Waals surface area contributed by atoms with Crippen molar-refractivity contribution >= 4 is 24.0 Å². The number of esters is 3. The van der Waals surface area contributed by atoms with Crippen molar-refractivity contribution in [1.82, 2.24) is 0 Å². The molecule has 7 rings (SSSR count). The standard InChI is InChI=1S/C42H50O10/c1-8-23(2)39(46)51-32-20-31(49-25(4)43)40(5)22-48-36-37(40)41(32,6)30-19-34(45)50-29-18-28(27-16-17-47-21-27)24(3)35(29)42(30,7)38(36)52-33(44)15-14-26-12-10-9-11-13-26/h8-17,21,28-32,34,36-38,45H,18-20,22H2,1-7H3. The summed E-state index contributed by atoms with van der Waals surface area (Å²) in [5.74, 6) is -2.34. The van der Waals surface area contributed by atoms with Crippen molar-refractivity contribution in [3.05, 3.63) is 88.9 Å². The molecule has 2 aromatic rings. The van der Waals surface area contributed by atoms with Crippen LogP contribution in [-0.2, 0) is 38.1 Å². The molecule has 2 aliphatic heterocycles. The lowest BCUT2D eigenvalue weighted by molar-refractivity contribution is -0.261. The number of benzene rings is 1. The topological polar surface area (TPSA) is 131 Å².